The van der Waals surface area contributed by atoms with E-state index in [0.717, 1.165) is 45.1 Å². The smallest absolute Gasteiger partial charge is 0.111 e. The molecule has 0 aliphatic rings. The third kappa shape index (κ3) is 3.58. The van der Waals surface area contributed by atoms with Crippen LogP contribution in [-0.4, -0.2) is 19.1 Å². The molecule has 0 spiro atoms. The van der Waals surface area contributed by atoms with Gasteiger partial charge < -0.3 is 0 Å². The van der Waals surface area contributed by atoms with Crippen LogP contribution in [0.4, 0.5) is 0 Å². The first-order valence-electron chi connectivity index (χ1n) is 15.0. The summed E-state index contributed by atoms with van der Waals surface area (Å²) in [4.78, 5) is 9.86. The Labute approximate surface area is 254 Å². The summed E-state index contributed by atoms with van der Waals surface area (Å²) in [6.07, 6.45) is 0. The van der Waals surface area contributed by atoms with Crippen molar-refractivity contribution >= 4 is 54.4 Å². The van der Waals surface area contributed by atoms with Crippen LogP contribution in [0, 0.1) is 13.8 Å². The molecule has 2 aromatic heterocycles. The largest absolute Gasteiger partial charge is 0.296 e. The molecule has 0 fully saturated rings. The van der Waals surface area contributed by atoms with Gasteiger partial charge in [0.15, 0.2) is 0 Å². The van der Waals surface area contributed by atoms with Gasteiger partial charge in [0, 0.05) is 10.8 Å². The molecule has 4 heteroatoms. The highest BCUT2D eigenvalue weighted by Crippen LogP contribution is 2.42. The fourth-order valence-electron chi connectivity index (χ4n) is 7.08. The number of rotatable bonds is 3. The molecule has 4 nitrogen and oxygen atoms in total. The molecule has 9 aromatic rings. The lowest BCUT2D eigenvalue weighted by Crippen LogP contribution is -2.01. The van der Waals surface area contributed by atoms with Crippen LogP contribution in [-0.2, 0) is 0 Å². The monoisotopic (exact) mass is 564 g/mol. The first-order chi connectivity index (χ1) is 21.7. The van der Waals surface area contributed by atoms with Gasteiger partial charge in [0.05, 0.1) is 33.4 Å². The van der Waals surface area contributed by atoms with Crippen LogP contribution in [0.1, 0.15) is 11.6 Å². The number of aromatic nitrogens is 4. The summed E-state index contributed by atoms with van der Waals surface area (Å²) in [7, 11) is 0. The minimum Gasteiger partial charge on any atom is -0.296 e. The highest BCUT2D eigenvalue weighted by Gasteiger charge is 2.19. The van der Waals surface area contributed by atoms with Crippen LogP contribution in [0.3, 0.4) is 0 Å². The Morgan fingerprint density at radius 3 is 1.55 bits per heavy atom. The molecule has 44 heavy (non-hydrogen) atoms. The lowest BCUT2D eigenvalue weighted by Gasteiger charge is -2.19. The van der Waals surface area contributed by atoms with Crippen molar-refractivity contribution in [1.29, 1.82) is 0 Å². The second-order valence-electron chi connectivity index (χ2n) is 11.5. The van der Waals surface area contributed by atoms with Crippen LogP contribution in [0.25, 0.3) is 76.9 Å². The molecule has 0 N–H and O–H groups in total. The second kappa shape index (κ2) is 9.38. The summed E-state index contributed by atoms with van der Waals surface area (Å²) in [5.41, 5.74) is 8.89. The van der Waals surface area contributed by atoms with Gasteiger partial charge in [-0.1, -0.05) is 84.9 Å². The molecule has 0 aliphatic carbocycles. The predicted octanol–water partition coefficient (Wildman–Crippen LogP) is 10.1. The molecule has 7 aromatic carbocycles. The molecular weight excluding hydrogens is 536 g/mol. The summed E-state index contributed by atoms with van der Waals surface area (Å²) >= 11 is 0. The molecule has 0 saturated heterocycles. The number of aryl methyl sites for hydroxylation is 2. The first kappa shape index (κ1) is 24.8. The Kier molecular flexibility index (Phi) is 5.29. The molecule has 0 aliphatic heterocycles. The highest BCUT2D eigenvalue weighted by atomic mass is 15.1. The zero-order valence-corrected chi connectivity index (χ0v) is 24.5. The normalized spacial score (nSPS) is 11.9. The lowest BCUT2D eigenvalue weighted by atomic mass is 9.89. The molecule has 0 amide bonds. The van der Waals surface area contributed by atoms with Crippen molar-refractivity contribution in [3.63, 3.8) is 0 Å². The molecular formula is C40H28N4. The van der Waals surface area contributed by atoms with Crippen molar-refractivity contribution in [3.8, 4) is 22.5 Å². The van der Waals surface area contributed by atoms with E-state index in [1.54, 1.807) is 0 Å². The van der Waals surface area contributed by atoms with Crippen molar-refractivity contribution < 1.29 is 0 Å². The Morgan fingerprint density at radius 1 is 0.432 bits per heavy atom. The minimum atomic E-state index is 0.968. The number of hydrogen-bond donors (Lipinski definition) is 0. The van der Waals surface area contributed by atoms with E-state index >= 15 is 0 Å². The first-order valence-corrected chi connectivity index (χ1v) is 15.0. The summed E-state index contributed by atoms with van der Waals surface area (Å²) in [6, 6.07) is 47.9. The molecule has 9 rings (SSSR count). The van der Waals surface area contributed by atoms with Gasteiger partial charge in [-0.15, -0.1) is 0 Å². The van der Waals surface area contributed by atoms with Gasteiger partial charge in [-0.25, -0.2) is 9.97 Å². The van der Waals surface area contributed by atoms with Gasteiger partial charge in [0.2, 0.25) is 0 Å². The molecule has 0 bridgehead atoms. The van der Waals surface area contributed by atoms with Crippen LogP contribution < -0.4 is 0 Å². The van der Waals surface area contributed by atoms with E-state index < -0.39 is 0 Å². The lowest BCUT2D eigenvalue weighted by molar-refractivity contribution is 1.01. The molecule has 0 saturated carbocycles. The van der Waals surface area contributed by atoms with Gasteiger partial charge >= 0.3 is 0 Å². The van der Waals surface area contributed by atoms with Crippen LogP contribution in [0.5, 0.6) is 0 Å². The number of imidazole rings is 2. The average molecular weight is 565 g/mol. The van der Waals surface area contributed by atoms with Crippen LogP contribution in [0.15, 0.2) is 133 Å². The van der Waals surface area contributed by atoms with Crippen molar-refractivity contribution in [2.45, 2.75) is 13.8 Å². The number of fused-ring (bicyclic) bond motifs is 5. The quantitative estimate of drug-likeness (QED) is 0.200. The molecule has 2 heterocycles. The Bertz CT molecular complexity index is 2450. The van der Waals surface area contributed by atoms with E-state index in [4.69, 9.17) is 9.97 Å². The van der Waals surface area contributed by atoms with E-state index in [1.165, 1.54) is 43.4 Å². The predicted molar refractivity (Wildman–Crippen MR) is 183 cm³/mol. The Morgan fingerprint density at radius 2 is 0.955 bits per heavy atom. The van der Waals surface area contributed by atoms with Gasteiger partial charge in [-0.2, -0.15) is 0 Å². The zero-order chi connectivity index (χ0) is 29.4. The van der Waals surface area contributed by atoms with Gasteiger partial charge in [0.25, 0.3) is 0 Å². The van der Waals surface area contributed by atoms with Crippen molar-refractivity contribution in [3.05, 3.63) is 145 Å². The highest BCUT2D eigenvalue weighted by molar-refractivity contribution is 6.17. The molecule has 0 atom stereocenters. The summed E-state index contributed by atoms with van der Waals surface area (Å²) in [5.74, 6) is 1.94. The number of hydrogen-bond acceptors (Lipinski definition) is 2. The topological polar surface area (TPSA) is 35.6 Å². The van der Waals surface area contributed by atoms with Gasteiger partial charge in [-0.05, 0) is 95.1 Å². The van der Waals surface area contributed by atoms with E-state index in [2.05, 4.69) is 156 Å². The maximum absolute atomic E-state index is 4.93. The van der Waals surface area contributed by atoms with Gasteiger partial charge in [-0.3, -0.25) is 9.13 Å². The maximum Gasteiger partial charge on any atom is 0.111 e. The van der Waals surface area contributed by atoms with Crippen molar-refractivity contribution in [1.82, 2.24) is 19.1 Å². The number of para-hydroxylation sites is 4. The van der Waals surface area contributed by atoms with E-state index in [1.807, 2.05) is 0 Å². The molecule has 208 valence electrons. The SMILES string of the molecule is Cc1nc2ccccc2n1-c1cccc2c(-c3ccc4ccccc4c3)c3cccc(-n4c(C)nc5ccccc54)c3cc12. The van der Waals surface area contributed by atoms with Crippen LogP contribution in [0.2, 0.25) is 0 Å². The maximum atomic E-state index is 4.93. The van der Waals surface area contributed by atoms with Gasteiger partial charge in [0.1, 0.15) is 11.6 Å². The second-order valence-corrected chi connectivity index (χ2v) is 11.5. The summed E-state index contributed by atoms with van der Waals surface area (Å²) in [6.45, 7) is 4.19. The third-order valence-electron chi connectivity index (χ3n) is 8.97. The van der Waals surface area contributed by atoms with Crippen LogP contribution >= 0.6 is 0 Å². The standard InChI is InChI=1S/C40H28N4/c1-25-41-34-15-5-7-17-38(34)43(25)36-19-9-13-30-32(36)24-33-31(40(30)29-22-21-27-11-3-4-12-28(27)23-29)14-10-20-37(33)44-26(2)42-35-16-6-8-18-39(35)44/h3-24H,1-2H3. The van der Waals surface area contributed by atoms with Crippen molar-refractivity contribution in [2.75, 3.05) is 0 Å². The Hall–Kier alpha value is -5.74. The third-order valence-corrected chi connectivity index (χ3v) is 8.97. The molecule has 0 radical (unpaired) electrons. The fraction of sp³-hybridized carbons (Fsp3) is 0.0500. The zero-order valence-electron chi connectivity index (χ0n) is 24.5. The fourth-order valence-corrected chi connectivity index (χ4v) is 7.08. The molecule has 0 unspecified atom stereocenters. The minimum absolute atomic E-state index is 0.968. The summed E-state index contributed by atoms with van der Waals surface area (Å²) < 4.78 is 4.60. The van der Waals surface area contributed by atoms with E-state index in [-0.39, 0.29) is 0 Å². The average Bonchev–Trinajstić information content (AvgIpc) is 3.57. The Balaban J connectivity index is 1.46. The van der Waals surface area contributed by atoms with E-state index in [9.17, 15) is 0 Å². The van der Waals surface area contributed by atoms with E-state index in [0.29, 0.717) is 0 Å². The van der Waals surface area contributed by atoms with Crippen molar-refractivity contribution in [2.24, 2.45) is 0 Å². The number of benzene rings is 7. The summed E-state index contributed by atoms with van der Waals surface area (Å²) in [5, 5.41) is 7.27. The number of nitrogens with zero attached hydrogens (tertiary/aromatic N) is 4.